The molecule has 46 heavy (non-hydrogen) atoms. The van der Waals surface area contributed by atoms with Gasteiger partial charge in [-0.05, 0) is 55.2 Å². The number of hydrogen-bond acceptors (Lipinski definition) is 10. The number of anilines is 2. The maximum Gasteiger partial charge on any atom is 0.420 e. The first-order chi connectivity index (χ1) is 22.0. The number of piperazine rings is 1. The van der Waals surface area contributed by atoms with Gasteiger partial charge in [-0.1, -0.05) is 12.6 Å². The third-order valence-electron chi connectivity index (χ3n) is 7.97. The molecule has 0 bridgehead atoms. The molecule has 3 heterocycles. The normalized spacial score (nSPS) is 20.8. The van der Waals surface area contributed by atoms with Crippen molar-refractivity contribution in [2.24, 2.45) is 26.6 Å². The van der Waals surface area contributed by atoms with Crippen LogP contribution >= 0.6 is 0 Å². The lowest BCUT2D eigenvalue weighted by Gasteiger charge is -2.36. The van der Waals surface area contributed by atoms with Gasteiger partial charge in [-0.25, -0.2) is 9.98 Å². The number of guanidine groups is 1. The largest absolute Gasteiger partial charge is 0.496 e. The maximum atomic E-state index is 13.5. The van der Waals surface area contributed by atoms with Crippen molar-refractivity contribution >= 4 is 35.2 Å². The molecule has 1 amide bonds. The van der Waals surface area contributed by atoms with Gasteiger partial charge in [0.1, 0.15) is 23.0 Å². The van der Waals surface area contributed by atoms with Crippen LogP contribution in [0.4, 0.5) is 24.5 Å². The summed E-state index contributed by atoms with van der Waals surface area (Å²) in [5.74, 6) is 0.327. The Kier molecular flexibility index (Phi) is 10.1. The average Bonchev–Trinajstić information content (AvgIpc) is 3.55. The molecule has 2 aromatic carbocycles. The number of nitrogens with one attached hydrogen (secondary N) is 2. The molecular formula is C32H37F3N8O3. The molecule has 0 saturated carbocycles. The van der Waals surface area contributed by atoms with E-state index < -0.39 is 17.6 Å². The zero-order chi connectivity index (χ0) is 32.8. The second-order valence-electron chi connectivity index (χ2n) is 11.2. The summed E-state index contributed by atoms with van der Waals surface area (Å²) in [6.07, 6.45) is -0.587. The van der Waals surface area contributed by atoms with Gasteiger partial charge in [0.25, 0.3) is 5.91 Å². The van der Waals surface area contributed by atoms with Gasteiger partial charge in [-0.3, -0.25) is 14.7 Å². The van der Waals surface area contributed by atoms with Crippen LogP contribution in [0.5, 0.6) is 5.75 Å². The SMILES string of the molecule is C=C/N=C1/C=NC(N2CCN(CC3CCOC3)CC2)=N/C1=C(/N)Nc1cc(C(=O)Nc2ccc(OC)c(C(F)(F)F)c2)ccc1C. The van der Waals surface area contributed by atoms with E-state index in [-0.39, 0.29) is 22.8 Å². The fourth-order valence-corrected chi connectivity index (χ4v) is 5.45. The number of aryl methyl sites for hydroxylation is 1. The number of nitrogens with zero attached hydrogens (tertiary/aromatic N) is 5. The van der Waals surface area contributed by atoms with E-state index >= 15 is 0 Å². The van der Waals surface area contributed by atoms with E-state index in [0.29, 0.717) is 29.0 Å². The number of allylic oxidation sites excluding steroid dienone is 1. The molecule has 0 aliphatic carbocycles. The van der Waals surface area contributed by atoms with Crippen molar-refractivity contribution in [2.45, 2.75) is 19.5 Å². The standard InChI is InChI=1S/C32H37F3N8O3/c1-4-37-26-17-38-31(43-12-10-42(11-13-43)18-21-9-14-46-19-21)41-28(26)29(36)40-25-15-22(6-5-20(25)2)30(44)39-23-7-8-27(45-3)24(16-23)32(33,34)35/h4-8,15-17,21,40H,1,9-14,18-19,36H2,2-3H3,(H,39,44)/b29-28-,37-26-. The van der Waals surface area contributed by atoms with E-state index in [4.69, 9.17) is 20.2 Å². The van der Waals surface area contributed by atoms with Crippen molar-refractivity contribution < 1.29 is 27.4 Å². The van der Waals surface area contributed by atoms with Crippen LogP contribution in [0.25, 0.3) is 0 Å². The molecule has 2 fully saturated rings. The summed E-state index contributed by atoms with van der Waals surface area (Å²) in [6.45, 7) is 11.5. The van der Waals surface area contributed by atoms with Crippen molar-refractivity contribution in [1.82, 2.24) is 9.80 Å². The number of nitrogens with two attached hydrogens (primary N) is 1. The highest BCUT2D eigenvalue weighted by molar-refractivity contribution is 6.41. The highest BCUT2D eigenvalue weighted by Crippen LogP contribution is 2.38. The summed E-state index contributed by atoms with van der Waals surface area (Å²) in [6, 6.07) is 8.17. The number of rotatable bonds is 8. The molecule has 2 aromatic rings. The number of ether oxygens (including phenoxy) is 2. The van der Waals surface area contributed by atoms with E-state index in [1.807, 2.05) is 6.92 Å². The molecule has 14 heteroatoms. The fraction of sp³-hybridized carbons (Fsp3) is 0.375. The number of carbonyl (C=O) groups excluding carboxylic acids is 1. The van der Waals surface area contributed by atoms with E-state index in [1.54, 1.807) is 24.4 Å². The van der Waals surface area contributed by atoms with E-state index in [0.717, 1.165) is 77.2 Å². The Balaban J connectivity index is 1.32. The summed E-state index contributed by atoms with van der Waals surface area (Å²) < 4.78 is 50.8. The van der Waals surface area contributed by atoms with Crippen LogP contribution in [0.15, 0.2) is 75.7 Å². The Hall–Kier alpha value is -4.69. The van der Waals surface area contributed by atoms with E-state index in [2.05, 4.69) is 37.0 Å². The zero-order valence-electron chi connectivity index (χ0n) is 25.7. The third kappa shape index (κ3) is 7.74. The van der Waals surface area contributed by atoms with Crippen molar-refractivity contribution in [2.75, 3.05) is 63.7 Å². The zero-order valence-corrected chi connectivity index (χ0v) is 25.7. The molecule has 0 spiro atoms. The van der Waals surface area contributed by atoms with Crippen LogP contribution < -0.4 is 21.1 Å². The van der Waals surface area contributed by atoms with E-state index in [9.17, 15) is 18.0 Å². The van der Waals surface area contributed by atoms with Gasteiger partial charge < -0.3 is 30.7 Å². The summed E-state index contributed by atoms with van der Waals surface area (Å²) >= 11 is 0. The number of halogens is 3. The predicted molar refractivity (Wildman–Crippen MR) is 172 cm³/mol. The van der Waals surface area contributed by atoms with Crippen LogP contribution in [-0.4, -0.2) is 86.6 Å². The van der Waals surface area contributed by atoms with Gasteiger partial charge in [0.15, 0.2) is 0 Å². The van der Waals surface area contributed by atoms with Crippen molar-refractivity contribution in [3.63, 3.8) is 0 Å². The fourth-order valence-electron chi connectivity index (χ4n) is 5.45. The number of methoxy groups -OCH3 is 1. The first-order valence-electron chi connectivity index (χ1n) is 14.9. The van der Waals surface area contributed by atoms with E-state index in [1.165, 1.54) is 12.3 Å². The molecule has 0 radical (unpaired) electrons. The molecule has 2 saturated heterocycles. The van der Waals surface area contributed by atoms with Crippen LogP contribution in [-0.2, 0) is 10.9 Å². The molecule has 1 unspecified atom stereocenters. The third-order valence-corrected chi connectivity index (χ3v) is 7.97. The molecule has 11 nitrogen and oxygen atoms in total. The average molecular weight is 639 g/mol. The van der Waals surface area contributed by atoms with Crippen LogP contribution in [0.1, 0.15) is 27.9 Å². The molecule has 4 N–H and O–H groups in total. The van der Waals surface area contributed by atoms with Crippen molar-refractivity contribution in [3.8, 4) is 5.75 Å². The molecule has 3 aliphatic rings. The smallest absolute Gasteiger partial charge is 0.420 e. The molecular weight excluding hydrogens is 601 g/mol. The lowest BCUT2D eigenvalue weighted by Crippen LogP contribution is -2.50. The van der Waals surface area contributed by atoms with Gasteiger partial charge in [0.2, 0.25) is 5.96 Å². The van der Waals surface area contributed by atoms with Crippen LogP contribution in [0, 0.1) is 12.8 Å². The van der Waals surface area contributed by atoms with Crippen LogP contribution in [0.3, 0.4) is 0 Å². The first-order valence-corrected chi connectivity index (χ1v) is 14.9. The van der Waals surface area contributed by atoms with Gasteiger partial charge >= 0.3 is 6.18 Å². The Labute approximate surface area is 265 Å². The van der Waals surface area contributed by atoms with Crippen LogP contribution in [0.2, 0.25) is 0 Å². The van der Waals surface area contributed by atoms with Gasteiger partial charge in [0.05, 0.1) is 25.5 Å². The monoisotopic (exact) mass is 638 g/mol. The lowest BCUT2D eigenvalue weighted by molar-refractivity contribution is -0.138. The minimum atomic E-state index is -4.66. The minimum Gasteiger partial charge on any atom is -0.496 e. The van der Waals surface area contributed by atoms with Gasteiger partial charge in [0, 0.05) is 62.5 Å². The lowest BCUT2D eigenvalue weighted by atomic mass is 10.1. The molecule has 0 aromatic heterocycles. The van der Waals surface area contributed by atoms with Gasteiger partial charge in [-0.15, -0.1) is 0 Å². The summed E-state index contributed by atoms with van der Waals surface area (Å²) in [5.41, 5.74) is 7.76. The first kappa shape index (κ1) is 32.7. The molecule has 244 valence electrons. The second kappa shape index (κ2) is 14.2. The molecule has 3 aliphatic heterocycles. The Morgan fingerprint density at radius 1 is 1.20 bits per heavy atom. The summed E-state index contributed by atoms with van der Waals surface area (Å²) in [7, 11) is 1.15. The van der Waals surface area contributed by atoms with Gasteiger partial charge in [-0.2, -0.15) is 13.2 Å². The maximum absolute atomic E-state index is 13.5. The number of amides is 1. The van der Waals surface area contributed by atoms with Crippen molar-refractivity contribution in [3.05, 3.63) is 77.4 Å². The molecule has 1 atom stereocenters. The predicted octanol–water partition coefficient (Wildman–Crippen LogP) is 4.49. The summed E-state index contributed by atoms with van der Waals surface area (Å²) in [5, 5.41) is 5.66. The highest BCUT2D eigenvalue weighted by atomic mass is 19.4. The molecule has 5 rings (SSSR count). The topological polar surface area (TPSA) is 129 Å². The Morgan fingerprint density at radius 3 is 2.65 bits per heavy atom. The number of alkyl halides is 3. The number of hydrogen-bond donors (Lipinski definition) is 3. The number of aliphatic imine (C=N–C) groups is 3. The Bertz CT molecular complexity index is 1590. The number of carbonyl (C=O) groups is 1. The second-order valence-corrected chi connectivity index (χ2v) is 11.2. The van der Waals surface area contributed by atoms with Crippen molar-refractivity contribution in [1.29, 1.82) is 0 Å². The highest BCUT2D eigenvalue weighted by Gasteiger charge is 2.35. The summed E-state index contributed by atoms with van der Waals surface area (Å²) in [4.78, 5) is 31.2. The number of benzene rings is 2. The Morgan fingerprint density at radius 2 is 1.98 bits per heavy atom. The minimum absolute atomic E-state index is 0.0307. The quantitative estimate of drug-likeness (QED) is 0.389.